The lowest BCUT2D eigenvalue weighted by molar-refractivity contribution is 0.606. The van der Waals surface area contributed by atoms with E-state index in [0.29, 0.717) is 0 Å². The Balaban J connectivity index is 2.65. The van der Waals surface area contributed by atoms with Gasteiger partial charge in [-0.25, -0.2) is 0 Å². The van der Waals surface area contributed by atoms with Gasteiger partial charge >= 0.3 is 0 Å². The first-order valence-electron chi connectivity index (χ1n) is 4.35. The molecule has 0 aliphatic heterocycles. The highest BCUT2D eigenvalue weighted by Crippen LogP contribution is 2.03. The third-order valence-electron chi connectivity index (χ3n) is 1.67. The van der Waals surface area contributed by atoms with Crippen LogP contribution >= 0.6 is 9.39 Å². The van der Waals surface area contributed by atoms with E-state index in [4.69, 9.17) is 0 Å². The van der Waals surface area contributed by atoms with Gasteiger partial charge in [0.15, 0.2) is 0 Å². The monoisotopic (exact) mass is 161 g/mol. The van der Waals surface area contributed by atoms with Crippen molar-refractivity contribution < 1.29 is 0 Å². The van der Waals surface area contributed by atoms with Crippen LogP contribution in [0.15, 0.2) is 0 Å². The van der Waals surface area contributed by atoms with Crippen molar-refractivity contribution in [2.45, 2.75) is 45.4 Å². The maximum Gasteiger partial charge on any atom is -0.00144 e. The highest BCUT2D eigenvalue weighted by molar-refractivity contribution is 7.13. The first-order valence-corrected chi connectivity index (χ1v) is 4.93. The van der Waals surface area contributed by atoms with Gasteiger partial charge in [-0.15, -0.1) is 0 Å². The van der Waals surface area contributed by atoms with Crippen LogP contribution in [0.3, 0.4) is 0 Å². The summed E-state index contributed by atoms with van der Waals surface area (Å²) in [7, 11) is 2.54. The molecule has 0 aromatic carbocycles. The van der Waals surface area contributed by atoms with Crippen LogP contribution in [0.2, 0.25) is 0 Å². The molecule has 62 valence electrons. The van der Waals surface area contributed by atoms with Crippen LogP contribution in [0, 0.1) is 0 Å². The van der Waals surface area contributed by atoms with Crippen LogP contribution in [0.5, 0.6) is 0 Å². The zero-order chi connectivity index (χ0) is 7.66. The van der Waals surface area contributed by atoms with E-state index in [1.807, 2.05) is 0 Å². The predicted octanol–water partition coefficient (Wildman–Crippen LogP) is 2.73. The van der Waals surface area contributed by atoms with Crippen LogP contribution in [0.25, 0.3) is 0 Å². The molecular weight excluding hydrogens is 141 g/mol. The van der Waals surface area contributed by atoms with Gasteiger partial charge in [-0.3, -0.25) is 0 Å². The van der Waals surface area contributed by atoms with Gasteiger partial charge < -0.3 is 5.09 Å². The molecule has 0 aromatic heterocycles. The second-order valence-electron chi connectivity index (χ2n) is 2.72. The zero-order valence-corrected chi connectivity index (χ0v) is 8.18. The molecule has 1 atom stereocenters. The van der Waals surface area contributed by atoms with Gasteiger partial charge in [-0.2, -0.15) is 0 Å². The fraction of sp³-hybridized carbons (Fsp3) is 1.00. The Labute approximate surface area is 67.2 Å². The summed E-state index contributed by atoms with van der Waals surface area (Å²) >= 11 is 0. The lowest BCUT2D eigenvalue weighted by Gasteiger charge is -1.98. The molecular formula is C8H20NP. The molecule has 10 heavy (non-hydrogen) atoms. The summed E-state index contributed by atoms with van der Waals surface area (Å²) in [5.41, 5.74) is 0. The van der Waals surface area contributed by atoms with Gasteiger partial charge in [0, 0.05) is 0 Å². The standard InChI is InChI=1S/C8H20NP/c1-2-3-4-5-6-7-8-9-10/h9H,2-8,10H2,1H3. The molecule has 2 heteroatoms. The normalized spacial score (nSPS) is 10.2. The molecule has 1 unspecified atom stereocenters. The third kappa shape index (κ3) is 8.39. The number of rotatable bonds is 7. The largest absolute Gasteiger partial charge is 0.301 e. The van der Waals surface area contributed by atoms with Crippen LogP contribution < -0.4 is 5.09 Å². The molecule has 1 nitrogen and oxygen atoms in total. The Morgan fingerprint density at radius 3 is 2.20 bits per heavy atom. The molecule has 0 amide bonds. The Morgan fingerprint density at radius 2 is 1.60 bits per heavy atom. The molecule has 1 N–H and O–H groups in total. The second kappa shape index (κ2) is 9.39. The van der Waals surface area contributed by atoms with Gasteiger partial charge in [-0.05, 0) is 13.0 Å². The van der Waals surface area contributed by atoms with Crippen molar-refractivity contribution in [2.75, 3.05) is 6.54 Å². The van der Waals surface area contributed by atoms with Crippen molar-refractivity contribution in [3.05, 3.63) is 0 Å². The summed E-state index contributed by atoms with van der Waals surface area (Å²) < 4.78 is 0. The maximum atomic E-state index is 3.08. The minimum atomic E-state index is 1.15. The Hall–Kier alpha value is 0.390. The minimum Gasteiger partial charge on any atom is -0.301 e. The predicted molar refractivity (Wildman–Crippen MR) is 51.1 cm³/mol. The number of nitrogens with one attached hydrogen (secondary N) is 1. The first-order chi connectivity index (χ1) is 4.91. The van der Waals surface area contributed by atoms with Gasteiger partial charge in [0.25, 0.3) is 0 Å². The highest BCUT2D eigenvalue weighted by Gasteiger charge is 1.87. The number of unbranched alkanes of at least 4 members (excludes halogenated alkanes) is 5. The van der Waals surface area contributed by atoms with E-state index in [0.717, 1.165) is 6.54 Å². The third-order valence-corrected chi connectivity index (χ3v) is 1.96. The molecule has 0 saturated heterocycles. The van der Waals surface area contributed by atoms with E-state index in [9.17, 15) is 0 Å². The molecule has 0 heterocycles. The van der Waals surface area contributed by atoms with Gasteiger partial charge in [0.05, 0.1) is 0 Å². The van der Waals surface area contributed by atoms with Gasteiger partial charge in [-0.1, -0.05) is 48.4 Å². The fourth-order valence-electron chi connectivity index (χ4n) is 1.01. The van der Waals surface area contributed by atoms with E-state index < -0.39 is 0 Å². The second-order valence-corrected chi connectivity index (χ2v) is 3.13. The van der Waals surface area contributed by atoms with E-state index in [2.05, 4.69) is 21.4 Å². The smallest absolute Gasteiger partial charge is 0.00144 e. The Kier molecular flexibility index (Phi) is 9.76. The quantitative estimate of drug-likeness (QED) is 0.447. The SMILES string of the molecule is CCCCCCCCNP. The van der Waals surface area contributed by atoms with Crippen molar-refractivity contribution in [3.63, 3.8) is 0 Å². The summed E-state index contributed by atoms with van der Waals surface area (Å²) in [4.78, 5) is 0. The molecule has 0 rings (SSSR count). The van der Waals surface area contributed by atoms with Crippen LogP contribution in [-0.4, -0.2) is 6.54 Å². The van der Waals surface area contributed by atoms with E-state index in [1.165, 1.54) is 38.5 Å². The number of hydrogen-bond donors (Lipinski definition) is 1. The molecule has 0 radical (unpaired) electrons. The molecule has 0 aromatic rings. The van der Waals surface area contributed by atoms with Crippen molar-refractivity contribution in [1.82, 2.24) is 5.09 Å². The molecule has 0 fully saturated rings. The fourth-order valence-corrected chi connectivity index (χ4v) is 1.21. The van der Waals surface area contributed by atoms with Gasteiger partial charge in [0.2, 0.25) is 0 Å². The van der Waals surface area contributed by atoms with E-state index >= 15 is 0 Å². The molecule has 0 aliphatic rings. The van der Waals surface area contributed by atoms with E-state index in [1.54, 1.807) is 0 Å². The lowest BCUT2D eigenvalue weighted by atomic mass is 10.1. The lowest BCUT2D eigenvalue weighted by Crippen LogP contribution is -1.98. The van der Waals surface area contributed by atoms with Crippen LogP contribution in [0.1, 0.15) is 45.4 Å². The van der Waals surface area contributed by atoms with Crippen LogP contribution in [-0.2, 0) is 0 Å². The van der Waals surface area contributed by atoms with Crippen LogP contribution in [0.4, 0.5) is 0 Å². The summed E-state index contributed by atoms with van der Waals surface area (Å²) in [5, 5.41) is 3.08. The maximum absolute atomic E-state index is 3.08. The average Bonchev–Trinajstić information content (AvgIpc) is 1.97. The van der Waals surface area contributed by atoms with Crippen molar-refractivity contribution >= 4 is 9.39 Å². The topological polar surface area (TPSA) is 12.0 Å². The van der Waals surface area contributed by atoms with E-state index in [-0.39, 0.29) is 0 Å². The van der Waals surface area contributed by atoms with Crippen molar-refractivity contribution in [1.29, 1.82) is 0 Å². The summed E-state index contributed by atoms with van der Waals surface area (Å²) in [6.45, 7) is 3.40. The number of hydrogen-bond acceptors (Lipinski definition) is 1. The summed E-state index contributed by atoms with van der Waals surface area (Å²) in [6.07, 6.45) is 8.32. The molecule has 0 bridgehead atoms. The summed E-state index contributed by atoms with van der Waals surface area (Å²) in [6, 6.07) is 0. The average molecular weight is 161 g/mol. The molecule has 0 saturated carbocycles. The molecule has 0 aliphatic carbocycles. The first kappa shape index (κ1) is 10.4. The van der Waals surface area contributed by atoms with Crippen molar-refractivity contribution in [2.24, 2.45) is 0 Å². The zero-order valence-electron chi connectivity index (χ0n) is 7.03. The summed E-state index contributed by atoms with van der Waals surface area (Å²) in [5.74, 6) is 0. The Bertz CT molecular complexity index is 49.2. The van der Waals surface area contributed by atoms with Gasteiger partial charge in [0.1, 0.15) is 0 Å². The Morgan fingerprint density at radius 1 is 1.00 bits per heavy atom. The minimum absolute atomic E-state index is 1.15. The van der Waals surface area contributed by atoms with Crippen molar-refractivity contribution in [3.8, 4) is 0 Å². The highest BCUT2D eigenvalue weighted by atomic mass is 31.0. The molecule has 0 spiro atoms.